The van der Waals surface area contributed by atoms with Crippen molar-refractivity contribution in [2.45, 2.75) is 59.7 Å². The third kappa shape index (κ3) is 11.3. The van der Waals surface area contributed by atoms with Crippen molar-refractivity contribution >= 4 is 29.9 Å². The molecule has 6 nitrogen and oxygen atoms in total. The number of piperazine rings is 1. The number of aliphatic imine (C=N–C) groups is 1. The van der Waals surface area contributed by atoms with E-state index >= 15 is 0 Å². The lowest BCUT2D eigenvalue weighted by Gasteiger charge is -2.32. The Morgan fingerprint density at radius 2 is 1.66 bits per heavy atom. The van der Waals surface area contributed by atoms with E-state index in [-0.39, 0.29) is 24.0 Å². The fourth-order valence-electron chi connectivity index (χ4n) is 3.97. The zero-order chi connectivity index (χ0) is 22.5. The van der Waals surface area contributed by atoms with Crippen molar-refractivity contribution in [1.29, 1.82) is 0 Å². The van der Waals surface area contributed by atoms with Gasteiger partial charge in [0.2, 0.25) is 0 Å². The van der Waals surface area contributed by atoms with Crippen molar-refractivity contribution in [2.24, 2.45) is 4.99 Å². The minimum absolute atomic E-state index is 0. The van der Waals surface area contributed by atoms with Gasteiger partial charge in [-0.2, -0.15) is 0 Å². The molecule has 0 saturated carbocycles. The lowest BCUT2D eigenvalue weighted by Crippen LogP contribution is -2.43. The van der Waals surface area contributed by atoms with Crippen LogP contribution in [0.15, 0.2) is 29.3 Å². The molecular weight excluding hydrogens is 511 g/mol. The minimum Gasteiger partial charge on any atom is -0.357 e. The van der Waals surface area contributed by atoms with Gasteiger partial charge in [0.1, 0.15) is 0 Å². The van der Waals surface area contributed by atoms with E-state index in [2.05, 4.69) is 84.3 Å². The Kier molecular flexibility index (Phi) is 15.2. The highest BCUT2D eigenvalue weighted by Crippen LogP contribution is 2.10. The summed E-state index contributed by atoms with van der Waals surface area (Å²) in [5.74, 6) is 0.916. The van der Waals surface area contributed by atoms with Crippen LogP contribution in [0.5, 0.6) is 0 Å². The molecule has 32 heavy (non-hydrogen) atoms. The summed E-state index contributed by atoms with van der Waals surface area (Å²) in [6.07, 6.45) is 2.37. The number of hydrogen-bond acceptors (Lipinski definition) is 4. The summed E-state index contributed by atoms with van der Waals surface area (Å²) in [5.41, 5.74) is 2.65. The van der Waals surface area contributed by atoms with Crippen molar-refractivity contribution in [3.05, 3.63) is 35.4 Å². The monoisotopic (exact) mass is 558 g/mol. The van der Waals surface area contributed by atoms with Crippen LogP contribution in [0.2, 0.25) is 0 Å². The van der Waals surface area contributed by atoms with E-state index in [1.54, 1.807) is 0 Å². The molecule has 1 heterocycles. The van der Waals surface area contributed by atoms with Crippen LogP contribution >= 0.6 is 24.0 Å². The Morgan fingerprint density at radius 3 is 2.25 bits per heavy atom. The van der Waals surface area contributed by atoms with Crippen LogP contribution in [0, 0.1) is 0 Å². The number of benzene rings is 1. The summed E-state index contributed by atoms with van der Waals surface area (Å²) in [6.45, 7) is 19.6. The number of nitrogens with one attached hydrogen (secondary N) is 2. The summed E-state index contributed by atoms with van der Waals surface area (Å²) in [4.78, 5) is 12.3. The molecule has 0 spiro atoms. The highest BCUT2D eigenvalue weighted by molar-refractivity contribution is 14.0. The van der Waals surface area contributed by atoms with Crippen molar-refractivity contribution in [3.8, 4) is 0 Å². The minimum atomic E-state index is 0. The smallest absolute Gasteiger partial charge is 0.191 e. The number of rotatable bonds is 12. The second-order valence-electron chi connectivity index (χ2n) is 8.81. The molecule has 2 rings (SSSR count). The number of likely N-dealkylation sites (N-methyl/N-ethyl adjacent to an activating group) is 1. The highest BCUT2D eigenvalue weighted by Gasteiger charge is 2.13. The molecule has 0 radical (unpaired) electrons. The Bertz CT molecular complexity index is 624. The zero-order valence-corrected chi connectivity index (χ0v) is 23.4. The average Bonchev–Trinajstić information content (AvgIpc) is 2.78. The molecule has 1 aromatic carbocycles. The third-order valence-corrected chi connectivity index (χ3v) is 6.18. The molecule has 1 unspecified atom stereocenters. The Hall–Kier alpha value is -0.900. The van der Waals surface area contributed by atoms with Crippen LogP contribution in [0.25, 0.3) is 0 Å². The summed E-state index contributed by atoms with van der Waals surface area (Å²) in [5, 5.41) is 6.97. The lowest BCUT2D eigenvalue weighted by molar-refractivity contribution is 0.148. The van der Waals surface area contributed by atoms with E-state index in [1.807, 2.05) is 0 Å². The molecule has 0 bridgehead atoms. The standard InChI is InChI=1S/C25H46N6.HI/c1-6-26-25(28-22(4)10-9-15-30(7-2)8-3)27-20-23-11-13-24(14-12-23)21-31-18-16-29(5)17-19-31;/h11-14,22H,6-10,15-21H2,1-5H3,(H2,26,27,28);1H. The maximum absolute atomic E-state index is 4.82. The maximum atomic E-state index is 4.82. The summed E-state index contributed by atoms with van der Waals surface area (Å²) < 4.78 is 0. The Labute approximate surface area is 214 Å². The van der Waals surface area contributed by atoms with Crippen molar-refractivity contribution < 1.29 is 0 Å². The van der Waals surface area contributed by atoms with E-state index in [4.69, 9.17) is 4.99 Å². The number of halogens is 1. The van der Waals surface area contributed by atoms with E-state index in [0.29, 0.717) is 12.6 Å². The van der Waals surface area contributed by atoms with E-state index in [1.165, 1.54) is 37.2 Å². The average molecular weight is 559 g/mol. The van der Waals surface area contributed by atoms with Gasteiger partial charge in [0.25, 0.3) is 0 Å². The van der Waals surface area contributed by atoms with Gasteiger partial charge in [0, 0.05) is 45.3 Å². The first-order chi connectivity index (χ1) is 15.0. The van der Waals surface area contributed by atoms with E-state index < -0.39 is 0 Å². The topological polar surface area (TPSA) is 46.1 Å². The van der Waals surface area contributed by atoms with Gasteiger partial charge in [-0.15, -0.1) is 24.0 Å². The lowest BCUT2D eigenvalue weighted by atomic mass is 10.1. The van der Waals surface area contributed by atoms with Gasteiger partial charge in [-0.25, -0.2) is 4.99 Å². The molecule has 1 aliphatic heterocycles. The van der Waals surface area contributed by atoms with Crippen LogP contribution in [-0.2, 0) is 13.1 Å². The molecule has 0 aromatic heterocycles. The molecule has 1 aromatic rings. The highest BCUT2D eigenvalue weighted by atomic mass is 127. The molecule has 1 saturated heterocycles. The molecule has 1 atom stereocenters. The van der Waals surface area contributed by atoms with Crippen molar-refractivity contribution in [1.82, 2.24) is 25.3 Å². The quantitative estimate of drug-likeness (QED) is 0.233. The van der Waals surface area contributed by atoms with E-state index in [9.17, 15) is 0 Å². The van der Waals surface area contributed by atoms with E-state index in [0.717, 1.165) is 51.6 Å². The maximum Gasteiger partial charge on any atom is 0.191 e. The fourth-order valence-corrected chi connectivity index (χ4v) is 3.97. The fraction of sp³-hybridized carbons (Fsp3) is 0.720. The van der Waals surface area contributed by atoms with Crippen molar-refractivity contribution in [3.63, 3.8) is 0 Å². The van der Waals surface area contributed by atoms with Crippen LogP contribution in [0.3, 0.4) is 0 Å². The summed E-state index contributed by atoms with van der Waals surface area (Å²) in [6, 6.07) is 9.40. The molecule has 1 fully saturated rings. The molecule has 0 aliphatic carbocycles. The SMILES string of the molecule is CCNC(=NCc1ccc(CN2CCN(C)CC2)cc1)NC(C)CCCN(CC)CC.I. The van der Waals surface area contributed by atoms with Crippen LogP contribution in [0.1, 0.15) is 51.7 Å². The van der Waals surface area contributed by atoms with Gasteiger partial charge in [-0.1, -0.05) is 38.1 Å². The van der Waals surface area contributed by atoms with Gasteiger partial charge in [0.15, 0.2) is 5.96 Å². The second kappa shape index (κ2) is 16.7. The first kappa shape index (κ1) is 29.1. The molecular formula is C25H47IN6. The zero-order valence-electron chi connectivity index (χ0n) is 21.1. The molecule has 7 heteroatoms. The Morgan fingerprint density at radius 1 is 1.03 bits per heavy atom. The first-order valence-corrected chi connectivity index (χ1v) is 12.3. The van der Waals surface area contributed by atoms with Crippen molar-refractivity contribution in [2.75, 3.05) is 59.4 Å². The summed E-state index contributed by atoms with van der Waals surface area (Å²) >= 11 is 0. The normalized spacial score (nSPS) is 16.6. The third-order valence-electron chi connectivity index (χ3n) is 6.18. The number of guanidine groups is 1. The van der Waals surface area contributed by atoms with Crippen LogP contribution in [0.4, 0.5) is 0 Å². The Balaban J connectivity index is 0.00000512. The van der Waals surface area contributed by atoms with Crippen LogP contribution < -0.4 is 10.6 Å². The van der Waals surface area contributed by atoms with Gasteiger partial charge in [-0.05, 0) is 64.5 Å². The summed E-state index contributed by atoms with van der Waals surface area (Å²) in [7, 11) is 2.20. The predicted molar refractivity (Wildman–Crippen MR) is 149 cm³/mol. The molecule has 2 N–H and O–H groups in total. The second-order valence-corrected chi connectivity index (χ2v) is 8.81. The number of hydrogen-bond donors (Lipinski definition) is 2. The van der Waals surface area contributed by atoms with Gasteiger partial charge in [-0.3, -0.25) is 4.90 Å². The first-order valence-electron chi connectivity index (χ1n) is 12.3. The van der Waals surface area contributed by atoms with Gasteiger partial charge >= 0.3 is 0 Å². The van der Waals surface area contributed by atoms with Gasteiger partial charge < -0.3 is 20.4 Å². The largest absolute Gasteiger partial charge is 0.357 e. The molecule has 0 amide bonds. The van der Waals surface area contributed by atoms with Crippen LogP contribution in [-0.4, -0.2) is 86.1 Å². The predicted octanol–water partition coefficient (Wildman–Crippen LogP) is 3.62. The number of nitrogens with zero attached hydrogens (tertiary/aromatic N) is 4. The molecule has 1 aliphatic rings. The van der Waals surface area contributed by atoms with Gasteiger partial charge in [0.05, 0.1) is 6.54 Å². The molecule has 184 valence electrons.